The maximum absolute atomic E-state index is 12.0. The zero-order valence-corrected chi connectivity index (χ0v) is 11.3. The summed E-state index contributed by atoms with van der Waals surface area (Å²) in [5, 5.41) is 5.16. The zero-order valence-electron chi connectivity index (χ0n) is 11.3. The predicted molar refractivity (Wildman–Crippen MR) is 71.8 cm³/mol. The fourth-order valence-corrected chi connectivity index (χ4v) is 1.70. The molecule has 1 aromatic heterocycles. The molecule has 0 radical (unpaired) electrons. The molecule has 0 bridgehead atoms. The second-order valence-electron chi connectivity index (χ2n) is 4.71. The fourth-order valence-electron chi connectivity index (χ4n) is 1.70. The van der Waals surface area contributed by atoms with Crippen LogP contribution in [0, 0.1) is 5.92 Å². The molecule has 0 fully saturated rings. The van der Waals surface area contributed by atoms with Gasteiger partial charge in [-0.25, -0.2) is 0 Å². The van der Waals surface area contributed by atoms with Gasteiger partial charge in [-0.05, 0) is 18.4 Å². The Hall–Kier alpha value is -2.11. The molecule has 0 aliphatic rings. The van der Waals surface area contributed by atoms with E-state index in [4.69, 9.17) is 0 Å². The van der Waals surface area contributed by atoms with Gasteiger partial charge in [0.05, 0.1) is 0 Å². The largest absolute Gasteiger partial charge is 0.357 e. The number of hydrogen-bond acceptors (Lipinski definition) is 3. The molecule has 0 aliphatic heterocycles. The van der Waals surface area contributed by atoms with Crippen LogP contribution in [-0.2, 0) is 4.79 Å². The lowest BCUT2D eigenvalue weighted by atomic mass is 10.0. The normalized spacial score (nSPS) is 12.0. The van der Waals surface area contributed by atoms with Gasteiger partial charge in [-0.3, -0.25) is 14.4 Å². The van der Waals surface area contributed by atoms with Crippen molar-refractivity contribution in [3.05, 3.63) is 34.2 Å². The summed E-state index contributed by atoms with van der Waals surface area (Å²) in [5.74, 6) is -0.408. The lowest BCUT2D eigenvalue weighted by Crippen LogP contribution is -2.46. The molecular formula is C13H19N3O3. The van der Waals surface area contributed by atoms with Crippen LogP contribution < -0.4 is 16.2 Å². The van der Waals surface area contributed by atoms with E-state index in [1.807, 2.05) is 13.8 Å². The molecule has 0 aliphatic carbocycles. The lowest BCUT2D eigenvalue weighted by Gasteiger charge is -2.19. The van der Waals surface area contributed by atoms with Crippen molar-refractivity contribution < 1.29 is 9.59 Å². The number of pyridine rings is 1. The number of rotatable bonds is 5. The molecule has 0 saturated heterocycles. The molecule has 1 aromatic rings. The number of likely N-dealkylation sites (N-methyl/N-ethyl adjacent to an activating group) is 1. The van der Waals surface area contributed by atoms with E-state index < -0.39 is 11.9 Å². The molecule has 1 atom stereocenters. The molecule has 6 nitrogen and oxygen atoms in total. The van der Waals surface area contributed by atoms with Gasteiger partial charge in [-0.15, -0.1) is 0 Å². The summed E-state index contributed by atoms with van der Waals surface area (Å²) in [4.78, 5) is 37.2. The average Bonchev–Trinajstić information content (AvgIpc) is 2.36. The Labute approximate surface area is 111 Å². The van der Waals surface area contributed by atoms with Gasteiger partial charge in [0.15, 0.2) is 0 Å². The third-order valence-electron chi connectivity index (χ3n) is 2.61. The van der Waals surface area contributed by atoms with E-state index in [1.165, 1.54) is 25.4 Å². The second-order valence-corrected chi connectivity index (χ2v) is 4.71. The van der Waals surface area contributed by atoms with Gasteiger partial charge in [-0.1, -0.05) is 13.8 Å². The van der Waals surface area contributed by atoms with Crippen LogP contribution in [0.1, 0.15) is 30.6 Å². The standard InChI is InChI=1S/C13H19N3O3/c1-8(2)6-10(13(19)14-3)16-12(18)9-4-5-15-11(17)7-9/h4-5,7-8,10H,6H2,1-3H3,(H,14,19)(H,15,17)(H,16,18)/t10-/m0/s1. The summed E-state index contributed by atoms with van der Waals surface area (Å²) in [6.07, 6.45) is 1.93. The third kappa shape index (κ3) is 4.57. The van der Waals surface area contributed by atoms with Gasteiger partial charge in [0.2, 0.25) is 11.5 Å². The van der Waals surface area contributed by atoms with Crippen LogP contribution in [0.5, 0.6) is 0 Å². The van der Waals surface area contributed by atoms with Crippen LogP contribution in [0.25, 0.3) is 0 Å². The monoisotopic (exact) mass is 265 g/mol. The molecule has 0 spiro atoms. The molecule has 19 heavy (non-hydrogen) atoms. The van der Waals surface area contributed by atoms with Crippen molar-refractivity contribution in [2.24, 2.45) is 5.92 Å². The third-order valence-corrected chi connectivity index (χ3v) is 2.61. The van der Waals surface area contributed by atoms with Crippen molar-refractivity contribution in [1.29, 1.82) is 0 Å². The number of amides is 2. The van der Waals surface area contributed by atoms with Crippen LogP contribution >= 0.6 is 0 Å². The molecule has 0 aromatic carbocycles. The topological polar surface area (TPSA) is 91.1 Å². The van der Waals surface area contributed by atoms with Crippen LogP contribution in [0.4, 0.5) is 0 Å². The minimum atomic E-state index is -0.600. The summed E-state index contributed by atoms with van der Waals surface area (Å²) >= 11 is 0. The minimum absolute atomic E-state index is 0.237. The first-order valence-corrected chi connectivity index (χ1v) is 6.15. The van der Waals surface area contributed by atoms with Gasteiger partial charge in [0, 0.05) is 24.9 Å². The highest BCUT2D eigenvalue weighted by molar-refractivity contribution is 5.97. The SMILES string of the molecule is CNC(=O)[C@H](CC(C)C)NC(=O)c1cc[nH]c(=O)c1. The number of carbonyl (C=O) groups excluding carboxylic acids is 2. The number of H-pyrrole nitrogens is 1. The molecule has 6 heteroatoms. The van der Waals surface area contributed by atoms with Crippen LogP contribution in [0.3, 0.4) is 0 Å². The Morgan fingerprint density at radius 3 is 2.58 bits per heavy atom. The Balaban J connectivity index is 2.81. The fraction of sp³-hybridized carbons (Fsp3) is 0.462. The summed E-state index contributed by atoms with van der Waals surface area (Å²) in [7, 11) is 1.52. The highest BCUT2D eigenvalue weighted by Crippen LogP contribution is 2.06. The van der Waals surface area contributed by atoms with Crippen molar-refractivity contribution in [3.63, 3.8) is 0 Å². The van der Waals surface area contributed by atoms with E-state index >= 15 is 0 Å². The van der Waals surface area contributed by atoms with Gasteiger partial charge >= 0.3 is 0 Å². The summed E-state index contributed by atoms with van der Waals surface area (Å²) in [5.41, 5.74) is -0.116. The molecule has 2 amide bonds. The maximum Gasteiger partial charge on any atom is 0.252 e. The van der Waals surface area contributed by atoms with Gasteiger partial charge < -0.3 is 15.6 Å². The van der Waals surface area contributed by atoms with E-state index in [-0.39, 0.29) is 22.9 Å². The number of aromatic nitrogens is 1. The first-order chi connectivity index (χ1) is 8.93. The Kier molecular flexibility index (Phi) is 5.29. The van der Waals surface area contributed by atoms with Crippen molar-refractivity contribution in [2.75, 3.05) is 7.05 Å². The summed E-state index contributed by atoms with van der Waals surface area (Å²) in [6.45, 7) is 3.94. The van der Waals surface area contributed by atoms with Gasteiger partial charge in [-0.2, -0.15) is 0 Å². The van der Waals surface area contributed by atoms with E-state index in [1.54, 1.807) is 0 Å². The first-order valence-electron chi connectivity index (χ1n) is 6.15. The van der Waals surface area contributed by atoms with E-state index in [2.05, 4.69) is 15.6 Å². The van der Waals surface area contributed by atoms with Crippen LogP contribution in [0.2, 0.25) is 0 Å². The van der Waals surface area contributed by atoms with E-state index in [9.17, 15) is 14.4 Å². The van der Waals surface area contributed by atoms with Crippen LogP contribution in [0.15, 0.2) is 23.1 Å². The highest BCUT2D eigenvalue weighted by atomic mass is 16.2. The maximum atomic E-state index is 12.0. The summed E-state index contributed by atoms with van der Waals surface area (Å²) in [6, 6.07) is 2.09. The molecule has 0 unspecified atom stereocenters. The first kappa shape index (κ1) is 14.9. The second kappa shape index (κ2) is 6.72. The Bertz CT molecular complexity index is 508. The van der Waals surface area contributed by atoms with Crippen molar-refractivity contribution >= 4 is 11.8 Å². The van der Waals surface area contributed by atoms with Crippen molar-refractivity contribution in [3.8, 4) is 0 Å². The molecule has 1 heterocycles. The lowest BCUT2D eigenvalue weighted by molar-refractivity contribution is -0.122. The number of nitrogens with one attached hydrogen (secondary N) is 3. The number of aromatic amines is 1. The molecule has 1 rings (SSSR count). The number of hydrogen-bond donors (Lipinski definition) is 3. The number of carbonyl (C=O) groups is 2. The smallest absolute Gasteiger partial charge is 0.252 e. The Morgan fingerprint density at radius 2 is 2.05 bits per heavy atom. The van der Waals surface area contributed by atoms with E-state index in [0.29, 0.717) is 6.42 Å². The van der Waals surface area contributed by atoms with Gasteiger partial charge in [0.25, 0.3) is 5.91 Å². The molecular weight excluding hydrogens is 246 g/mol. The molecule has 0 saturated carbocycles. The molecule has 3 N–H and O–H groups in total. The molecule has 104 valence electrons. The minimum Gasteiger partial charge on any atom is -0.357 e. The van der Waals surface area contributed by atoms with Crippen LogP contribution in [-0.4, -0.2) is 29.9 Å². The zero-order chi connectivity index (χ0) is 14.4. The summed E-state index contributed by atoms with van der Waals surface area (Å²) < 4.78 is 0. The predicted octanol–water partition coefficient (Wildman–Crippen LogP) is 0.265. The quantitative estimate of drug-likeness (QED) is 0.713. The average molecular weight is 265 g/mol. The van der Waals surface area contributed by atoms with Gasteiger partial charge in [0.1, 0.15) is 6.04 Å². The van der Waals surface area contributed by atoms with Crippen molar-refractivity contribution in [2.45, 2.75) is 26.3 Å². The highest BCUT2D eigenvalue weighted by Gasteiger charge is 2.21. The van der Waals surface area contributed by atoms with E-state index in [0.717, 1.165) is 0 Å². The Morgan fingerprint density at radius 1 is 1.37 bits per heavy atom. The van der Waals surface area contributed by atoms with Crippen molar-refractivity contribution in [1.82, 2.24) is 15.6 Å².